The van der Waals surface area contributed by atoms with Crippen LogP contribution in [0, 0.1) is 6.92 Å². The molecule has 0 aliphatic carbocycles. The van der Waals surface area contributed by atoms with E-state index in [4.69, 9.17) is 9.15 Å². The van der Waals surface area contributed by atoms with E-state index in [0.29, 0.717) is 12.5 Å². The van der Waals surface area contributed by atoms with Crippen LogP contribution in [0.1, 0.15) is 12.5 Å². The molecule has 0 radical (unpaired) electrons. The fraction of sp³-hybridized carbons (Fsp3) is 0.385. The summed E-state index contributed by atoms with van der Waals surface area (Å²) < 4.78 is 10.3. The number of aryl methyl sites for hydroxylation is 1. The molecule has 0 saturated carbocycles. The number of ether oxygens (including phenoxy) is 1. The summed E-state index contributed by atoms with van der Waals surface area (Å²) in [5, 5.41) is 11.0. The van der Waals surface area contributed by atoms with Crippen LogP contribution in [-0.4, -0.2) is 30.0 Å². The molecule has 2 aromatic rings. The molecular weight excluding hydrogens is 230 g/mol. The topological polar surface area (TPSA) is 60.2 Å². The number of anilines is 1. The monoisotopic (exact) mass is 247 g/mol. The van der Waals surface area contributed by atoms with E-state index < -0.39 is 0 Å². The van der Waals surface area contributed by atoms with Crippen molar-refractivity contribution in [3.63, 3.8) is 0 Å². The van der Waals surface area contributed by atoms with E-state index in [9.17, 15) is 0 Å². The molecule has 5 nitrogen and oxygen atoms in total. The number of methoxy groups -OCH3 is 1. The van der Waals surface area contributed by atoms with Crippen LogP contribution in [0.5, 0.6) is 0 Å². The van der Waals surface area contributed by atoms with Crippen molar-refractivity contribution in [2.45, 2.75) is 19.9 Å². The quantitative estimate of drug-likeness (QED) is 0.879. The van der Waals surface area contributed by atoms with Gasteiger partial charge in [-0.05, 0) is 31.5 Å². The number of benzene rings is 1. The molecule has 96 valence electrons. The molecule has 2 rings (SSSR count). The summed E-state index contributed by atoms with van der Waals surface area (Å²) in [6.07, 6.45) is 1.33. The maximum absolute atomic E-state index is 5.19. The molecule has 1 N–H and O–H groups in total. The van der Waals surface area contributed by atoms with Gasteiger partial charge in [0.2, 0.25) is 12.3 Å². The fourth-order valence-electron chi connectivity index (χ4n) is 1.77. The van der Waals surface area contributed by atoms with Crippen LogP contribution in [0.3, 0.4) is 0 Å². The summed E-state index contributed by atoms with van der Waals surface area (Å²) in [4.78, 5) is 0. The SMILES string of the molecule is COCC(C)Nc1cc(-c2nnco2)ccc1C. The maximum Gasteiger partial charge on any atom is 0.247 e. The van der Waals surface area contributed by atoms with Crippen LogP contribution in [0.2, 0.25) is 0 Å². The Morgan fingerprint density at radius 2 is 2.28 bits per heavy atom. The average Bonchev–Trinajstić information content (AvgIpc) is 2.86. The second-order valence-electron chi connectivity index (χ2n) is 4.27. The number of hydrogen-bond donors (Lipinski definition) is 1. The molecule has 0 aliphatic heterocycles. The molecule has 0 bridgehead atoms. The van der Waals surface area contributed by atoms with Gasteiger partial charge in [0.15, 0.2) is 0 Å². The number of nitrogens with zero attached hydrogens (tertiary/aromatic N) is 2. The van der Waals surface area contributed by atoms with Crippen LogP contribution in [0.15, 0.2) is 29.0 Å². The first-order chi connectivity index (χ1) is 8.70. The normalized spacial score (nSPS) is 12.4. The summed E-state index contributed by atoms with van der Waals surface area (Å²) in [7, 11) is 1.69. The predicted octanol–water partition coefficient (Wildman–Crippen LogP) is 2.49. The minimum absolute atomic E-state index is 0.242. The molecule has 0 amide bonds. The second-order valence-corrected chi connectivity index (χ2v) is 4.27. The Bertz CT molecular complexity index is 497. The van der Waals surface area contributed by atoms with Crippen molar-refractivity contribution < 1.29 is 9.15 Å². The highest BCUT2D eigenvalue weighted by Gasteiger charge is 2.08. The highest BCUT2D eigenvalue weighted by molar-refractivity contribution is 5.64. The zero-order chi connectivity index (χ0) is 13.0. The van der Waals surface area contributed by atoms with Crippen molar-refractivity contribution in [2.24, 2.45) is 0 Å². The van der Waals surface area contributed by atoms with Gasteiger partial charge in [-0.15, -0.1) is 10.2 Å². The van der Waals surface area contributed by atoms with Crippen LogP contribution in [0.25, 0.3) is 11.5 Å². The molecule has 0 aliphatic rings. The van der Waals surface area contributed by atoms with Crippen LogP contribution in [-0.2, 0) is 4.74 Å². The van der Waals surface area contributed by atoms with Crippen LogP contribution in [0.4, 0.5) is 5.69 Å². The molecule has 1 aromatic heterocycles. The van der Waals surface area contributed by atoms with E-state index in [-0.39, 0.29) is 6.04 Å². The lowest BCUT2D eigenvalue weighted by Gasteiger charge is -2.16. The number of nitrogens with one attached hydrogen (secondary N) is 1. The molecule has 0 saturated heterocycles. The molecule has 5 heteroatoms. The predicted molar refractivity (Wildman–Crippen MR) is 69.4 cm³/mol. The van der Waals surface area contributed by atoms with Gasteiger partial charge in [-0.2, -0.15) is 0 Å². The van der Waals surface area contributed by atoms with Gasteiger partial charge in [0.25, 0.3) is 0 Å². The lowest BCUT2D eigenvalue weighted by Crippen LogP contribution is -2.21. The smallest absolute Gasteiger partial charge is 0.247 e. The second kappa shape index (κ2) is 5.64. The summed E-state index contributed by atoms with van der Waals surface area (Å²) in [6, 6.07) is 6.25. The summed E-state index contributed by atoms with van der Waals surface area (Å²) >= 11 is 0. The Hall–Kier alpha value is -1.88. The lowest BCUT2D eigenvalue weighted by molar-refractivity contribution is 0.190. The van der Waals surface area contributed by atoms with Crippen LogP contribution < -0.4 is 5.32 Å². The van der Waals surface area contributed by atoms with Crippen molar-refractivity contribution in [2.75, 3.05) is 19.0 Å². The zero-order valence-electron chi connectivity index (χ0n) is 10.8. The lowest BCUT2D eigenvalue weighted by atomic mass is 10.1. The average molecular weight is 247 g/mol. The minimum atomic E-state index is 0.242. The zero-order valence-corrected chi connectivity index (χ0v) is 10.8. The van der Waals surface area contributed by atoms with E-state index in [0.717, 1.165) is 11.3 Å². The third-order valence-electron chi connectivity index (χ3n) is 2.66. The Morgan fingerprint density at radius 3 is 2.94 bits per heavy atom. The Morgan fingerprint density at radius 1 is 1.44 bits per heavy atom. The molecule has 1 atom stereocenters. The van der Waals surface area contributed by atoms with E-state index in [2.05, 4.69) is 29.4 Å². The Balaban J connectivity index is 2.22. The highest BCUT2D eigenvalue weighted by atomic mass is 16.5. The molecule has 0 spiro atoms. The van der Waals surface area contributed by atoms with Crippen LogP contribution >= 0.6 is 0 Å². The van der Waals surface area contributed by atoms with Crippen molar-refractivity contribution in [3.8, 4) is 11.5 Å². The molecule has 0 fully saturated rings. The highest BCUT2D eigenvalue weighted by Crippen LogP contribution is 2.24. The van der Waals surface area contributed by atoms with Gasteiger partial charge in [0, 0.05) is 24.4 Å². The standard InChI is InChI=1S/C13H17N3O2/c1-9-4-5-11(13-16-14-8-18-13)6-12(9)15-10(2)7-17-3/h4-6,8,10,15H,7H2,1-3H3. The number of hydrogen-bond acceptors (Lipinski definition) is 5. The van der Waals surface area contributed by atoms with E-state index >= 15 is 0 Å². The molecule has 18 heavy (non-hydrogen) atoms. The first-order valence-corrected chi connectivity index (χ1v) is 5.83. The van der Waals surface area contributed by atoms with Crippen molar-refractivity contribution >= 4 is 5.69 Å². The van der Waals surface area contributed by atoms with E-state index in [1.54, 1.807) is 7.11 Å². The maximum atomic E-state index is 5.19. The third-order valence-corrected chi connectivity index (χ3v) is 2.66. The summed E-state index contributed by atoms with van der Waals surface area (Å²) in [6.45, 7) is 4.78. The molecule has 1 aromatic carbocycles. The summed E-state index contributed by atoms with van der Waals surface area (Å²) in [5.41, 5.74) is 3.13. The molecule has 1 unspecified atom stereocenters. The number of rotatable bonds is 5. The Kier molecular flexibility index (Phi) is 3.94. The first kappa shape index (κ1) is 12.6. The van der Waals surface area contributed by atoms with Gasteiger partial charge in [0.05, 0.1) is 6.61 Å². The van der Waals surface area contributed by atoms with Gasteiger partial charge < -0.3 is 14.5 Å². The minimum Gasteiger partial charge on any atom is -0.423 e. The first-order valence-electron chi connectivity index (χ1n) is 5.83. The van der Waals surface area contributed by atoms with Gasteiger partial charge in [-0.25, -0.2) is 0 Å². The summed E-state index contributed by atoms with van der Waals surface area (Å²) in [5.74, 6) is 0.525. The van der Waals surface area contributed by atoms with Gasteiger partial charge in [0.1, 0.15) is 0 Å². The van der Waals surface area contributed by atoms with Gasteiger partial charge in [-0.1, -0.05) is 6.07 Å². The Labute approximate surface area is 106 Å². The molecular formula is C13H17N3O2. The van der Waals surface area contributed by atoms with Gasteiger partial charge in [-0.3, -0.25) is 0 Å². The van der Waals surface area contributed by atoms with Crippen molar-refractivity contribution in [1.29, 1.82) is 0 Å². The molecule has 1 heterocycles. The van der Waals surface area contributed by atoms with Crippen molar-refractivity contribution in [1.82, 2.24) is 10.2 Å². The third kappa shape index (κ3) is 2.87. The van der Waals surface area contributed by atoms with Crippen molar-refractivity contribution in [3.05, 3.63) is 30.2 Å². The van der Waals surface area contributed by atoms with E-state index in [1.165, 1.54) is 12.0 Å². The number of aromatic nitrogens is 2. The van der Waals surface area contributed by atoms with Gasteiger partial charge >= 0.3 is 0 Å². The largest absolute Gasteiger partial charge is 0.423 e. The fourth-order valence-corrected chi connectivity index (χ4v) is 1.77. The van der Waals surface area contributed by atoms with E-state index in [1.807, 2.05) is 18.2 Å².